The number of hydrogen-bond acceptors (Lipinski definition) is 3. The second-order valence-corrected chi connectivity index (χ2v) is 6.64. The summed E-state index contributed by atoms with van der Waals surface area (Å²) >= 11 is 0. The third kappa shape index (κ3) is 3.87. The van der Waals surface area contributed by atoms with Gasteiger partial charge in [0.1, 0.15) is 0 Å². The first-order valence-corrected chi connectivity index (χ1v) is 8.46. The summed E-state index contributed by atoms with van der Waals surface area (Å²) in [7, 11) is 0. The minimum Gasteiger partial charge on any atom is -0.392 e. The minimum absolute atomic E-state index is 0.170. The molecule has 2 fully saturated rings. The van der Waals surface area contributed by atoms with Crippen molar-refractivity contribution < 1.29 is 9.90 Å². The summed E-state index contributed by atoms with van der Waals surface area (Å²) in [6.07, 6.45) is 4.76. The molecule has 0 radical (unpaired) electrons. The van der Waals surface area contributed by atoms with Crippen molar-refractivity contribution >= 4 is 5.91 Å². The van der Waals surface area contributed by atoms with Crippen LogP contribution in [0.1, 0.15) is 31.2 Å². The SMILES string of the molecule is O=C([C@H]1C[C@H](O)CN1)N1CCC(CCc2ccccc2)CC1. The van der Waals surface area contributed by atoms with Gasteiger partial charge in [0.05, 0.1) is 12.1 Å². The summed E-state index contributed by atoms with van der Waals surface area (Å²) in [5.74, 6) is 0.907. The summed E-state index contributed by atoms with van der Waals surface area (Å²) in [5, 5.41) is 12.7. The van der Waals surface area contributed by atoms with Crippen molar-refractivity contribution in [2.45, 2.75) is 44.2 Å². The number of aliphatic hydroxyl groups excluding tert-OH is 1. The summed E-state index contributed by atoms with van der Waals surface area (Å²) in [5.41, 5.74) is 1.41. The molecule has 2 heterocycles. The van der Waals surface area contributed by atoms with Gasteiger partial charge in [-0.2, -0.15) is 0 Å². The lowest BCUT2D eigenvalue weighted by Crippen LogP contribution is -2.47. The van der Waals surface area contributed by atoms with Crippen molar-refractivity contribution in [3.8, 4) is 0 Å². The summed E-state index contributed by atoms with van der Waals surface area (Å²) < 4.78 is 0. The zero-order chi connectivity index (χ0) is 15.4. The van der Waals surface area contributed by atoms with E-state index < -0.39 is 0 Å². The van der Waals surface area contributed by atoms with Crippen molar-refractivity contribution in [1.82, 2.24) is 10.2 Å². The van der Waals surface area contributed by atoms with E-state index in [4.69, 9.17) is 0 Å². The van der Waals surface area contributed by atoms with Crippen LogP contribution in [0.5, 0.6) is 0 Å². The lowest BCUT2D eigenvalue weighted by atomic mass is 9.90. The zero-order valence-corrected chi connectivity index (χ0v) is 13.1. The molecule has 3 rings (SSSR count). The Hall–Kier alpha value is -1.39. The highest BCUT2D eigenvalue weighted by Gasteiger charge is 2.32. The van der Waals surface area contributed by atoms with Crippen LogP contribution in [-0.4, -0.2) is 47.7 Å². The molecule has 4 heteroatoms. The Bertz CT molecular complexity index is 483. The number of hydrogen-bond donors (Lipinski definition) is 2. The normalized spacial score (nSPS) is 26.3. The molecule has 2 aliphatic heterocycles. The monoisotopic (exact) mass is 302 g/mol. The lowest BCUT2D eigenvalue weighted by Gasteiger charge is -2.33. The number of aryl methyl sites for hydroxylation is 1. The van der Waals surface area contributed by atoms with Crippen molar-refractivity contribution in [2.24, 2.45) is 5.92 Å². The van der Waals surface area contributed by atoms with E-state index >= 15 is 0 Å². The van der Waals surface area contributed by atoms with E-state index in [9.17, 15) is 9.90 Å². The molecule has 0 aliphatic carbocycles. The van der Waals surface area contributed by atoms with Gasteiger partial charge in [-0.25, -0.2) is 0 Å². The number of benzene rings is 1. The van der Waals surface area contributed by atoms with E-state index in [1.807, 2.05) is 4.90 Å². The molecule has 0 unspecified atom stereocenters. The molecule has 2 saturated heterocycles. The molecule has 1 aromatic rings. The maximum atomic E-state index is 12.4. The van der Waals surface area contributed by atoms with Gasteiger partial charge in [0.15, 0.2) is 0 Å². The third-order valence-electron chi connectivity index (χ3n) is 5.02. The largest absolute Gasteiger partial charge is 0.392 e. The van der Waals surface area contributed by atoms with Gasteiger partial charge in [-0.1, -0.05) is 30.3 Å². The summed E-state index contributed by atoms with van der Waals surface area (Å²) in [4.78, 5) is 14.4. The number of piperidine rings is 1. The number of nitrogens with zero attached hydrogens (tertiary/aromatic N) is 1. The molecule has 2 aliphatic rings. The Morgan fingerprint density at radius 2 is 1.95 bits per heavy atom. The molecule has 0 bridgehead atoms. The van der Waals surface area contributed by atoms with E-state index in [-0.39, 0.29) is 18.1 Å². The minimum atomic E-state index is -0.364. The fourth-order valence-electron chi connectivity index (χ4n) is 3.58. The summed E-state index contributed by atoms with van der Waals surface area (Å²) in [6, 6.07) is 10.5. The maximum Gasteiger partial charge on any atom is 0.239 e. The molecule has 22 heavy (non-hydrogen) atoms. The number of nitrogens with one attached hydrogen (secondary N) is 1. The number of carbonyl (C=O) groups is 1. The van der Waals surface area contributed by atoms with E-state index in [1.54, 1.807) is 0 Å². The number of carbonyl (C=O) groups excluding carboxylic acids is 1. The van der Waals surface area contributed by atoms with Gasteiger partial charge in [-0.05, 0) is 43.6 Å². The second kappa shape index (κ2) is 7.25. The van der Waals surface area contributed by atoms with Crippen LogP contribution in [-0.2, 0) is 11.2 Å². The lowest BCUT2D eigenvalue weighted by molar-refractivity contribution is -0.134. The van der Waals surface area contributed by atoms with Crippen LogP contribution >= 0.6 is 0 Å². The molecule has 2 N–H and O–H groups in total. The van der Waals surface area contributed by atoms with Gasteiger partial charge in [0, 0.05) is 19.6 Å². The summed E-state index contributed by atoms with van der Waals surface area (Å²) in [6.45, 7) is 2.28. The van der Waals surface area contributed by atoms with Crippen molar-refractivity contribution in [3.63, 3.8) is 0 Å². The molecular weight excluding hydrogens is 276 g/mol. The Morgan fingerprint density at radius 3 is 2.59 bits per heavy atom. The van der Waals surface area contributed by atoms with Gasteiger partial charge in [0.25, 0.3) is 0 Å². The van der Waals surface area contributed by atoms with E-state index in [0.29, 0.717) is 13.0 Å². The fourth-order valence-corrected chi connectivity index (χ4v) is 3.58. The maximum absolute atomic E-state index is 12.4. The average Bonchev–Trinajstić information content (AvgIpc) is 3.00. The van der Waals surface area contributed by atoms with Gasteiger partial charge in [0.2, 0.25) is 5.91 Å². The van der Waals surface area contributed by atoms with Gasteiger partial charge in [-0.15, -0.1) is 0 Å². The first-order valence-electron chi connectivity index (χ1n) is 8.46. The van der Waals surface area contributed by atoms with Crippen molar-refractivity contribution in [1.29, 1.82) is 0 Å². The average molecular weight is 302 g/mol. The third-order valence-corrected chi connectivity index (χ3v) is 5.02. The Morgan fingerprint density at radius 1 is 1.23 bits per heavy atom. The first kappa shape index (κ1) is 15.5. The highest BCUT2D eigenvalue weighted by Crippen LogP contribution is 2.23. The Balaban J connectivity index is 1.41. The number of β-amino-alcohol motifs (C(OH)–C–C–N with tert-alkyl or cyclic N) is 1. The molecule has 4 nitrogen and oxygen atoms in total. The van der Waals surface area contributed by atoms with Crippen LogP contribution in [0.15, 0.2) is 30.3 Å². The molecule has 0 saturated carbocycles. The highest BCUT2D eigenvalue weighted by atomic mass is 16.3. The van der Waals surface area contributed by atoms with Gasteiger partial charge in [-0.3, -0.25) is 4.79 Å². The predicted molar refractivity (Wildman–Crippen MR) is 86.5 cm³/mol. The molecule has 1 aromatic carbocycles. The van der Waals surface area contributed by atoms with Crippen molar-refractivity contribution in [2.75, 3.05) is 19.6 Å². The van der Waals surface area contributed by atoms with Crippen LogP contribution in [0.3, 0.4) is 0 Å². The Kier molecular flexibility index (Phi) is 5.11. The van der Waals surface area contributed by atoms with Gasteiger partial charge >= 0.3 is 0 Å². The predicted octanol–water partition coefficient (Wildman–Crippen LogP) is 1.58. The number of amides is 1. The van der Waals surface area contributed by atoms with Crippen LogP contribution in [0.25, 0.3) is 0 Å². The molecule has 0 aromatic heterocycles. The first-order chi connectivity index (χ1) is 10.7. The second-order valence-electron chi connectivity index (χ2n) is 6.64. The molecule has 120 valence electrons. The van der Waals surface area contributed by atoms with Crippen LogP contribution < -0.4 is 5.32 Å². The van der Waals surface area contributed by atoms with E-state index in [1.165, 1.54) is 12.0 Å². The zero-order valence-electron chi connectivity index (χ0n) is 13.1. The smallest absolute Gasteiger partial charge is 0.239 e. The molecule has 2 atom stereocenters. The van der Waals surface area contributed by atoms with Crippen LogP contribution in [0.4, 0.5) is 0 Å². The number of likely N-dealkylation sites (tertiary alicyclic amines) is 1. The molecule has 1 amide bonds. The highest BCUT2D eigenvalue weighted by molar-refractivity contribution is 5.82. The van der Waals surface area contributed by atoms with Crippen molar-refractivity contribution in [3.05, 3.63) is 35.9 Å². The Labute approximate surface area is 132 Å². The van der Waals surface area contributed by atoms with Crippen LogP contribution in [0, 0.1) is 5.92 Å². The van der Waals surface area contributed by atoms with Gasteiger partial charge < -0.3 is 15.3 Å². The van der Waals surface area contributed by atoms with E-state index in [2.05, 4.69) is 35.6 Å². The number of aliphatic hydroxyl groups is 1. The standard InChI is InChI=1S/C18H26N2O2/c21-16-12-17(19-13-16)18(22)20-10-8-15(9-11-20)7-6-14-4-2-1-3-5-14/h1-5,15-17,19,21H,6-13H2/t16-,17+/m0/s1. The topological polar surface area (TPSA) is 52.6 Å². The molecular formula is C18H26N2O2. The van der Waals surface area contributed by atoms with Crippen LogP contribution in [0.2, 0.25) is 0 Å². The fraction of sp³-hybridized carbons (Fsp3) is 0.611. The molecule has 0 spiro atoms. The van der Waals surface area contributed by atoms with E-state index in [0.717, 1.165) is 38.3 Å². The number of rotatable bonds is 4. The quantitative estimate of drug-likeness (QED) is 0.888.